The van der Waals surface area contributed by atoms with Gasteiger partial charge in [-0.25, -0.2) is 0 Å². The minimum absolute atomic E-state index is 0.211. The van der Waals surface area contributed by atoms with E-state index < -0.39 is 0 Å². The summed E-state index contributed by atoms with van der Waals surface area (Å²) in [5.41, 5.74) is 0. The number of amides is 1. The lowest BCUT2D eigenvalue weighted by Crippen LogP contribution is -2.20. The molecule has 0 aliphatic heterocycles. The average Bonchev–Trinajstić information content (AvgIpc) is 3.17. The van der Waals surface area contributed by atoms with E-state index in [9.17, 15) is 4.79 Å². The molecule has 0 saturated carbocycles. The third-order valence-electron chi connectivity index (χ3n) is 2.66. The van der Waals surface area contributed by atoms with Crippen LogP contribution in [0.3, 0.4) is 0 Å². The van der Waals surface area contributed by atoms with Crippen LogP contribution in [-0.4, -0.2) is 22.7 Å². The van der Waals surface area contributed by atoms with Crippen molar-refractivity contribution >= 4 is 45.6 Å². The first-order valence-electron chi connectivity index (χ1n) is 6.37. The van der Waals surface area contributed by atoms with Crippen LogP contribution in [0.25, 0.3) is 10.8 Å². The van der Waals surface area contributed by atoms with Crippen LogP contribution in [0.4, 0.5) is 5.13 Å². The molecule has 0 aliphatic rings. The number of anilines is 1. The van der Waals surface area contributed by atoms with E-state index in [1.165, 1.54) is 17.4 Å². The quantitative estimate of drug-likeness (QED) is 0.731. The molecule has 0 unspecified atom stereocenters. The number of hydrogen-bond donors (Lipinski definition) is 1. The molecule has 0 bridgehead atoms. The minimum Gasteiger partial charge on any atom is -0.482 e. The molecule has 3 rings (SSSR count). The first kappa shape index (κ1) is 15.8. The topological polar surface area (TPSA) is 77.2 Å². The second kappa shape index (κ2) is 6.99. The van der Waals surface area contributed by atoms with Gasteiger partial charge in [-0.15, -0.1) is 10.2 Å². The largest absolute Gasteiger partial charge is 0.482 e. The fraction of sp³-hybridized carbons (Fsp3) is 0.0714. The molecule has 0 saturated heterocycles. The number of ether oxygens (including phenoxy) is 1. The van der Waals surface area contributed by atoms with Gasteiger partial charge in [0.25, 0.3) is 5.91 Å². The van der Waals surface area contributed by atoms with Crippen LogP contribution in [0, 0.1) is 0 Å². The fourth-order valence-corrected chi connectivity index (χ4v) is 2.86. The van der Waals surface area contributed by atoms with Gasteiger partial charge in [0.05, 0.1) is 11.3 Å². The number of benzene rings is 1. The molecule has 0 atom stereocenters. The summed E-state index contributed by atoms with van der Waals surface area (Å²) in [7, 11) is 0. The van der Waals surface area contributed by atoms with E-state index in [-0.39, 0.29) is 12.5 Å². The first-order chi connectivity index (χ1) is 11.1. The summed E-state index contributed by atoms with van der Waals surface area (Å²) in [5, 5.41) is 12.2. The highest BCUT2D eigenvalue weighted by Crippen LogP contribution is 2.28. The minimum atomic E-state index is -0.377. The summed E-state index contributed by atoms with van der Waals surface area (Å²) in [4.78, 5) is 11.9. The summed E-state index contributed by atoms with van der Waals surface area (Å²) < 4.78 is 10.6. The van der Waals surface area contributed by atoms with Crippen LogP contribution in [0.15, 0.2) is 41.0 Å². The van der Waals surface area contributed by atoms with E-state index in [0.29, 0.717) is 31.7 Å². The van der Waals surface area contributed by atoms with Crippen molar-refractivity contribution in [3.63, 3.8) is 0 Å². The van der Waals surface area contributed by atoms with Crippen molar-refractivity contribution in [1.29, 1.82) is 0 Å². The monoisotopic (exact) mass is 369 g/mol. The van der Waals surface area contributed by atoms with Crippen molar-refractivity contribution in [2.45, 2.75) is 0 Å². The van der Waals surface area contributed by atoms with Gasteiger partial charge in [0.2, 0.25) is 5.13 Å². The maximum atomic E-state index is 11.9. The molecule has 2 aromatic heterocycles. The third kappa shape index (κ3) is 4.01. The molecule has 118 valence electrons. The zero-order valence-electron chi connectivity index (χ0n) is 11.5. The van der Waals surface area contributed by atoms with Crippen LogP contribution in [0.1, 0.15) is 0 Å². The molecule has 6 nitrogen and oxygen atoms in total. The zero-order chi connectivity index (χ0) is 16.2. The van der Waals surface area contributed by atoms with E-state index in [0.717, 1.165) is 0 Å². The summed E-state index contributed by atoms with van der Waals surface area (Å²) >= 11 is 13.0. The lowest BCUT2D eigenvalue weighted by molar-refractivity contribution is -0.118. The second-order valence-corrected chi connectivity index (χ2v) is 6.12. The Morgan fingerprint density at radius 3 is 2.91 bits per heavy atom. The lowest BCUT2D eigenvalue weighted by Gasteiger charge is -2.07. The molecule has 0 spiro atoms. The predicted octanol–water partition coefficient (Wildman–Crippen LogP) is 4.12. The molecular formula is C14H9Cl2N3O3S. The normalized spacial score (nSPS) is 10.5. The lowest BCUT2D eigenvalue weighted by atomic mass is 10.3. The number of hydrogen-bond acceptors (Lipinski definition) is 6. The molecule has 0 aliphatic carbocycles. The summed E-state index contributed by atoms with van der Waals surface area (Å²) in [6.07, 6.45) is 1.54. The molecule has 0 fully saturated rings. The Bertz CT molecular complexity index is 821. The number of carbonyl (C=O) groups is 1. The average molecular weight is 370 g/mol. The Morgan fingerprint density at radius 1 is 1.30 bits per heavy atom. The van der Waals surface area contributed by atoms with Gasteiger partial charge in [-0.3, -0.25) is 10.1 Å². The highest BCUT2D eigenvalue weighted by molar-refractivity contribution is 7.18. The molecule has 1 aromatic carbocycles. The zero-order valence-corrected chi connectivity index (χ0v) is 13.8. The van der Waals surface area contributed by atoms with Crippen LogP contribution in [0.5, 0.6) is 5.75 Å². The number of halogens is 2. The molecule has 2 heterocycles. The predicted molar refractivity (Wildman–Crippen MR) is 88.2 cm³/mol. The number of carbonyl (C=O) groups excluding carboxylic acids is 1. The molecule has 0 radical (unpaired) electrons. The van der Waals surface area contributed by atoms with E-state index >= 15 is 0 Å². The maximum Gasteiger partial charge on any atom is 0.264 e. The highest BCUT2D eigenvalue weighted by atomic mass is 35.5. The van der Waals surface area contributed by atoms with Crippen molar-refractivity contribution in [2.75, 3.05) is 11.9 Å². The second-order valence-electron chi connectivity index (χ2n) is 4.30. The van der Waals surface area contributed by atoms with Gasteiger partial charge in [0, 0.05) is 5.02 Å². The standard InChI is InChI=1S/C14H9Cl2N3O3S/c15-8-3-4-10(9(16)6-8)22-7-12(20)17-14-19-18-13(23-14)11-2-1-5-21-11/h1-6H,7H2,(H,17,19,20). The first-order valence-corrected chi connectivity index (χ1v) is 7.94. The van der Waals surface area contributed by atoms with Crippen molar-refractivity contribution in [3.8, 4) is 16.5 Å². The molecule has 9 heteroatoms. The van der Waals surface area contributed by atoms with E-state index in [4.69, 9.17) is 32.4 Å². The van der Waals surface area contributed by atoms with Crippen LogP contribution < -0.4 is 10.1 Å². The maximum absolute atomic E-state index is 11.9. The Kier molecular flexibility index (Phi) is 4.80. The molecule has 1 N–H and O–H groups in total. The SMILES string of the molecule is O=C(COc1ccc(Cl)cc1Cl)Nc1nnc(-c2ccco2)s1. The summed E-state index contributed by atoms with van der Waals surface area (Å²) in [6, 6.07) is 8.27. The van der Waals surface area contributed by atoms with Gasteiger partial charge >= 0.3 is 0 Å². The molecule has 23 heavy (non-hydrogen) atoms. The Labute approximate surface area is 145 Å². The summed E-state index contributed by atoms with van der Waals surface area (Å²) in [5.74, 6) is 0.588. The highest BCUT2D eigenvalue weighted by Gasteiger charge is 2.12. The number of aromatic nitrogens is 2. The van der Waals surface area contributed by atoms with Crippen LogP contribution in [0.2, 0.25) is 10.0 Å². The van der Waals surface area contributed by atoms with Gasteiger partial charge in [0.1, 0.15) is 5.75 Å². The van der Waals surface area contributed by atoms with E-state index in [1.54, 1.807) is 30.5 Å². The molecule has 1 amide bonds. The third-order valence-corrected chi connectivity index (χ3v) is 4.04. The van der Waals surface area contributed by atoms with Gasteiger partial charge in [-0.05, 0) is 30.3 Å². The van der Waals surface area contributed by atoms with Crippen LogP contribution >= 0.6 is 34.5 Å². The van der Waals surface area contributed by atoms with Gasteiger partial charge < -0.3 is 9.15 Å². The Hall–Kier alpha value is -2.09. The Morgan fingerprint density at radius 2 is 2.17 bits per heavy atom. The smallest absolute Gasteiger partial charge is 0.264 e. The number of nitrogens with zero attached hydrogens (tertiary/aromatic N) is 2. The molecule has 3 aromatic rings. The Balaban J connectivity index is 1.57. The van der Waals surface area contributed by atoms with E-state index in [1.807, 2.05) is 0 Å². The fourth-order valence-electron chi connectivity index (χ4n) is 1.66. The van der Waals surface area contributed by atoms with Gasteiger partial charge in [-0.1, -0.05) is 34.5 Å². The van der Waals surface area contributed by atoms with Crippen molar-refractivity contribution in [3.05, 3.63) is 46.6 Å². The van der Waals surface area contributed by atoms with Crippen molar-refractivity contribution in [1.82, 2.24) is 10.2 Å². The number of rotatable bonds is 5. The molecular weight excluding hydrogens is 361 g/mol. The van der Waals surface area contributed by atoms with Gasteiger partial charge in [0.15, 0.2) is 17.4 Å². The van der Waals surface area contributed by atoms with Crippen LogP contribution in [-0.2, 0) is 4.79 Å². The van der Waals surface area contributed by atoms with Gasteiger partial charge in [-0.2, -0.15) is 0 Å². The summed E-state index contributed by atoms with van der Waals surface area (Å²) in [6.45, 7) is -0.211. The van der Waals surface area contributed by atoms with Crippen molar-refractivity contribution in [2.24, 2.45) is 0 Å². The number of nitrogens with one attached hydrogen (secondary N) is 1. The van der Waals surface area contributed by atoms with Crippen molar-refractivity contribution < 1.29 is 13.9 Å². The number of furan rings is 1. The van der Waals surface area contributed by atoms with E-state index in [2.05, 4.69) is 15.5 Å².